The van der Waals surface area contributed by atoms with Crippen molar-refractivity contribution < 1.29 is 0 Å². The van der Waals surface area contributed by atoms with E-state index in [2.05, 4.69) is 96.8 Å². The van der Waals surface area contributed by atoms with Crippen LogP contribution in [0.5, 0.6) is 0 Å². The minimum absolute atomic E-state index is 1.11. The number of rotatable bonds is 9. The van der Waals surface area contributed by atoms with Crippen LogP contribution in [-0.4, -0.2) is 29.6 Å². The van der Waals surface area contributed by atoms with Gasteiger partial charge in [0, 0.05) is 0 Å². The van der Waals surface area contributed by atoms with Crippen molar-refractivity contribution in [3.05, 3.63) is 60.7 Å². The van der Waals surface area contributed by atoms with Gasteiger partial charge in [0.1, 0.15) is 0 Å². The van der Waals surface area contributed by atoms with Crippen molar-refractivity contribution in [2.75, 3.05) is 13.1 Å². The number of unbranched alkanes of at least 4 members (excludes halogenated alkanes) is 1. The summed E-state index contributed by atoms with van der Waals surface area (Å²) in [5, 5.41) is 2.97. The fourth-order valence-electron chi connectivity index (χ4n) is 2.97. The van der Waals surface area contributed by atoms with Crippen molar-refractivity contribution in [2.24, 2.45) is 0 Å². The van der Waals surface area contributed by atoms with Gasteiger partial charge < -0.3 is 9.96 Å². The molecule has 2 aromatic carbocycles. The first kappa shape index (κ1) is 19.1. The molecule has 0 atom stereocenters. The van der Waals surface area contributed by atoms with Gasteiger partial charge in [0.25, 0.3) is 0 Å². The van der Waals surface area contributed by atoms with Crippen molar-refractivity contribution in [3.63, 3.8) is 0 Å². The highest BCUT2D eigenvalue weighted by molar-refractivity contribution is 6.88. The lowest BCUT2D eigenvalue weighted by atomic mass is 10.3. The van der Waals surface area contributed by atoms with Crippen molar-refractivity contribution in [1.82, 2.24) is 9.96 Å². The van der Waals surface area contributed by atoms with Crippen molar-refractivity contribution in [2.45, 2.75) is 39.0 Å². The zero-order valence-electron chi connectivity index (χ0n) is 15.6. The van der Waals surface area contributed by atoms with Crippen LogP contribution in [0.4, 0.5) is 0 Å². The third-order valence-corrected chi connectivity index (χ3v) is 10.5. The van der Waals surface area contributed by atoms with Crippen molar-refractivity contribution >= 4 is 26.8 Å². The van der Waals surface area contributed by atoms with Gasteiger partial charge >= 0.3 is 0 Å². The minimum Gasteiger partial charge on any atom is -0.334 e. The molecule has 0 aromatic heterocycles. The maximum atomic E-state index is 3.83. The Hall–Kier alpha value is -1.21. The van der Waals surface area contributed by atoms with Crippen LogP contribution in [0.15, 0.2) is 60.7 Å². The number of nitrogens with one attached hydrogen (secondary N) is 2. The molecule has 2 nitrogen and oxygen atoms in total. The van der Waals surface area contributed by atoms with E-state index >= 15 is 0 Å². The first-order valence-corrected chi connectivity index (χ1v) is 15.0. The molecule has 0 saturated carbocycles. The van der Waals surface area contributed by atoms with E-state index in [1.165, 1.54) is 23.2 Å². The van der Waals surface area contributed by atoms with E-state index in [9.17, 15) is 0 Å². The lowest BCUT2D eigenvalue weighted by Crippen LogP contribution is -2.56. The number of benzene rings is 2. The summed E-state index contributed by atoms with van der Waals surface area (Å²) >= 11 is 0. The van der Waals surface area contributed by atoms with Crippen LogP contribution in [0.2, 0.25) is 26.2 Å². The Labute approximate surface area is 149 Å². The SMILES string of the molecule is C[Si](C)(NCCCCN[Si](C)(C)c1ccccc1)c1ccccc1. The standard InChI is InChI=1S/C20H32N2Si2/c1-23(2,19-13-7-5-8-14-19)21-17-11-12-18-22-24(3,4)20-15-9-6-10-16-20/h5-10,13-16,21-22H,11-12,17-18H2,1-4H3. The van der Waals surface area contributed by atoms with Gasteiger partial charge in [-0.3, -0.25) is 0 Å². The molecule has 2 aromatic rings. The fourth-order valence-corrected chi connectivity index (χ4v) is 7.03. The molecule has 0 saturated heterocycles. The largest absolute Gasteiger partial charge is 0.334 e. The maximum absolute atomic E-state index is 3.83. The average Bonchev–Trinajstić information content (AvgIpc) is 2.59. The van der Waals surface area contributed by atoms with Crippen LogP contribution in [-0.2, 0) is 0 Å². The highest BCUT2D eigenvalue weighted by atomic mass is 28.3. The molecule has 0 aliphatic heterocycles. The normalized spacial score (nSPS) is 12.3. The summed E-state index contributed by atoms with van der Waals surface area (Å²) in [4.78, 5) is 7.65. The van der Waals surface area contributed by atoms with E-state index in [1.807, 2.05) is 0 Å². The van der Waals surface area contributed by atoms with E-state index in [1.54, 1.807) is 0 Å². The molecule has 24 heavy (non-hydrogen) atoms. The van der Waals surface area contributed by atoms with E-state index in [0.29, 0.717) is 0 Å². The van der Waals surface area contributed by atoms with Gasteiger partial charge in [-0.05, 0) is 36.3 Å². The van der Waals surface area contributed by atoms with Gasteiger partial charge in [-0.15, -0.1) is 0 Å². The second-order valence-corrected chi connectivity index (χ2v) is 15.9. The van der Waals surface area contributed by atoms with Crippen molar-refractivity contribution in [3.8, 4) is 0 Å². The van der Waals surface area contributed by atoms with Gasteiger partial charge in [-0.25, -0.2) is 0 Å². The molecule has 0 unspecified atom stereocenters. The summed E-state index contributed by atoms with van der Waals surface area (Å²) in [6.45, 7) is 11.8. The van der Waals surface area contributed by atoms with E-state index < -0.39 is 16.5 Å². The maximum Gasteiger partial charge on any atom is 0.151 e. The van der Waals surface area contributed by atoms with Gasteiger partial charge in [0.05, 0.1) is 0 Å². The molecule has 2 rings (SSSR count). The lowest BCUT2D eigenvalue weighted by molar-refractivity contribution is 0.694. The third-order valence-electron chi connectivity index (χ3n) is 4.73. The van der Waals surface area contributed by atoms with E-state index in [4.69, 9.17) is 0 Å². The highest BCUT2D eigenvalue weighted by Crippen LogP contribution is 2.02. The zero-order chi connectivity index (χ0) is 17.5. The summed E-state index contributed by atoms with van der Waals surface area (Å²) in [5.74, 6) is 0. The summed E-state index contributed by atoms with van der Waals surface area (Å²) in [7, 11) is -2.98. The summed E-state index contributed by atoms with van der Waals surface area (Å²) in [6, 6.07) is 21.8. The quantitative estimate of drug-likeness (QED) is 0.533. The van der Waals surface area contributed by atoms with Crippen molar-refractivity contribution in [1.29, 1.82) is 0 Å². The molecule has 0 bridgehead atoms. The second-order valence-electron chi connectivity index (χ2n) is 7.54. The molecule has 0 fully saturated rings. The smallest absolute Gasteiger partial charge is 0.151 e. The molecule has 2 N–H and O–H groups in total. The molecular weight excluding hydrogens is 324 g/mol. The van der Waals surface area contributed by atoms with Crippen LogP contribution in [0, 0.1) is 0 Å². The van der Waals surface area contributed by atoms with Gasteiger partial charge in [-0.1, -0.05) is 86.9 Å². The van der Waals surface area contributed by atoms with Crippen LogP contribution in [0.25, 0.3) is 0 Å². The number of hydrogen-bond donors (Lipinski definition) is 2. The fraction of sp³-hybridized carbons (Fsp3) is 0.400. The summed E-state index contributed by atoms with van der Waals surface area (Å²) in [6.07, 6.45) is 2.46. The Morgan fingerprint density at radius 3 is 1.25 bits per heavy atom. The number of hydrogen-bond acceptors (Lipinski definition) is 2. The zero-order valence-corrected chi connectivity index (χ0v) is 17.6. The predicted octanol–water partition coefficient (Wildman–Crippen LogP) is 3.17. The molecule has 4 heteroatoms. The first-order valence-electron chi connectivity index (χ1n) is 9.03. The Morgan fingerprint density at radius 2 is 0.917 bits per heavy atom. The third kappa shape index (κ3) is 5.70. The van der Waals surface area contributed by atoms with Crippen LogP contribution < -0.4 is 20.3 Å². The Balaban J connectivity index is 1.68. The molecular formula is C20H32N2Si2. The molecule has 0 amide bonds. The molecule has 0 aliphatic rings. The van der Waals surface area contributed by atoms with Crippen LogP contribution >= 0.6 is 0 Å². The second kappa shape index (κ2) is 8.76. The Kier molecular flexibility index (Phi) is 6.98. The lowest BCUT2D eigenvalue weighted by Gasteiger charge is -2.26. The summed E-state index contributed by atoms with van der Waals surface area (Å²) in [5.41, 5.74) is 0. The van der Waals surface area contributed by atoms with E-state index in [-0.39, 0.29) is 0 Å². The minimum atomic E-state index is -1.49. The van der Waals surface area contributed by atoms with E-state index in [0.717, 1.165) is 13.1 Å². The Bertz CT molecular complexity index is 542. The topological polar surface area (TPSA) is 24.1 Å². The first-order chi connectivity index (χ1) is 11.4. The molecule has 130 valence electrons. The molecule has 0 spiro atoms. The predicted molar refractivity (Wildman–Crippen MR) is 112 cm³/mol. The molecule has 0 radical (unpaired) electrons. The highest BCUT2D eigenvalue weighted by Gasteiger charge is 2.23. The van der Waals surface area contributed by atoms with Gasteiger partial charge in [0.2, 0.25) is 0 Å². The Morgan fingerprint density at radius 1 is 0.583 bits per heavy atom. The summed E-state index contributed by atoms with van der Waals surface area (Å²) < 4.78 is 0. The monoisotopic (exact) mass is 356 g/mol. The average molecular weight is 357 g/mol. The van der Waals surface area contributed by atoms with Crippen LogP contribution in [0.1, 0.15) is 12.8 Å². The molecule has 0 heterocycles. The van der Waals surface area contributed by atoms with Crippen LogP contribution in [0.3, 0.4) is 0 Å². The van der Waals surface area contributed by atoms with Gasteiger partial charge in [0.15, 0.2) is 16.5 Å². The molecule has 0 aliphatic carbocycles. The van der Waals surface area contributed by atoms with Gasteiger partial charge in [-0.2, -0.15) is 0 Å².